The first-order valence-corrected chi connectivity index (χ1v) is 13.1. The molecule has 37 heavy (non-hydrogen) atoms. The molecule has 1 amide bonds. The molecule has 2 bridgehead atoms. The molecule has 1 aliphatic heterocycles. The molecule has 0 radical (unpaired) electrons. The van der Waals surface area contributed by atoms with Gasteiger partial charge in [0.2, 0.25) is 5.91 Å². The van der Waals surface area contributed by atoms with E-state index >= 15 is 0 Å². The molecule has 7 rings (SSSR count). The second-order valence-electron chi connectivity index (χ2n) is 11.1. The number of carboxylic acid groups (broad SMARTS) is 1. The van der Waals surface area contributed by atoms with Crippen molar-refractivity contribution in [1.29, 1.82) is 0 Å². The SMILES string of the molecule is COc1ccccc1CC(=O)N1CC2C3(c4ccc(C)c(C)c4)CCC(c4ccccc43)C2(C(=O)O)C1. The summed E-state index contributed by atoms with van der Waals surface area (Å²) in [6.07, 6.45) is 1.90. The minimum Gasteiger partial charge on any atom is -0.496 e. The van der Waals surface area contributed by atoms with Crippen molar-refractivity contribution in [1.82, 2.24) is 4.90 Å². The molecule has 1 heterocycles. The van der Waals surface area contributed by atoms with Gasteiger partial charge in [0.15, 0.2) is 0 Å². The van der Waals surface area contributed by atoms with Gasteiger partial charge in [-0.2, -0.15) is 0 Å². The molecule has 4 atom stereocenters. The van der Waals surface area contributed by atoms with Gasteiger partial charge in [-0.05, 0) is 60.6 Å². The van der Waals surface area contributed by atoms with E-state index in [0.29, 0.717) is 12.3 Å². The van der Waals surface area contributed by atoms with Crippen LogP contribution in [0.25, 0.3) is 0 Å². The van der Waals surface area contributed by atoms with Crippen LogP contribution in [0.3, 0.4) is 0 Å². The quantitative estimate of drug-likeness (QED) is 0.524. The van der Waals surface area contributed by atoms with Gasteiger partial charge in [-0.3, -0.25) is 9.59 Å². The van der Waals surface area contributed by atoms with Gasteiger partial charge < -0.3 is 14.7 Å². The molecule has 3 aromatic carbocycles. The lowest BCUT2D eigenvalue weighted by Gasteiger charge is -2.59. The molecule has 0 spiro atoms. The zero-order chi connectivity index (χ0) is 25.9. The van der Waals surface area contributed by atoms with E-state index in [-0.39, 0.29) is 30.7 Å². The first kappa shape index (κ1) is 23.8. The fourth-order valence-electron chi connectivity index (χ4n) is 7.79. The van der Waals surface area contributed by atoms with Gasteiger partial charge in [0.05, 0.1) is 18.9 Å². The van der Waals surface area contributed by atoms with Gasteiger partial charge in [0.1, 0.15) is 5.75 Å². The summed E-state index contributed by atoms with van der Waals surface area (Å²) in [7, 11) is 1.61. The number of fused-ring (bicyclic) bond motifs is 1. The van der Waals surface area contributed by atoms with Crippen molar-refractivity contribution in [2.24, 2.45) is 11.3 Å². The number of aliphatic carboxylic acids is 1. The number of ether oxygens (including phenoxy) is 1. The Morgan fingerprint density at radius 3 is 2.54 bits per heavy atom. The molecule has 1 N–H and O–H groups in total. The lowest BCUT2D eigenvalue weighted by atomic mass is 9.42. The molecule has 3 aliphatic carbocycles. The van der Waals surface area contributed by atoms with Gasteiger partial charge in [-0.25, -0.2) is 0 Å². The molecule has 0 aromatic heterocycles. The number of para-hydroxylation sites is 1. The van der Waals surface area contributed by atoms with Crippen LogP contribution in [0, 0.1) is 25.2 Å². The maximum absolute atomic E-state index is 13.7. The van der Waals surface area contributed by atoms with Gasteiger partial charge >= 0.3 is 5.97 Å². The number of aryl methyl sites for hydroxylation is 2. The second kappa shape index (κ2) is 8.47. The Labute approximate surface area is 218 Å². The number of carbonyl (C=O) groups is 2. The van der Waals surface area contributed by atoms with Gasteiger partial charge in [-0.15, -0.1) is 0 Å². The fraction of sp³-hybridized carbons (Fsp3) is 0.375. The monoisotopic (exact) mass is 495 g/mol. The Morgan fingerprint density at radius 1 is 1.03 bits per heavy atom. The van der Waals surface area contributed by atoms with Crippen LogP contribution in [0.1, 0.15) is 52.1 Å². The molecule has 2 fully saturated rings. The molecule has 4 unspecified atom stereocenters. The van der Waals surface area contributed by atoms with Crippen LogP contribution in [0.15, 0.2) is 66.7 Å². The van der Waals surface area contributed by atoms with Crippen LogP contribution >= 0.6 is 0 Å². The van der Waals surface area contributed by atoms with Crippen LogP contribution in [0.5, 0.6) is 5.75 Å². The highest BCUT2D eigenvalue weighted by Crippen LogP contribution is 2.69. The Bertz CT molecular complexity index is 1410. The van der Waals surface area contributed by atoms with Crippen molar-refractivity contribution in [3.8, 4) is 5.75 Å². The number of likely N-dealkylation sites (tertiary alicyclic amines) is 1. The minimum atomic E-state index is -1.01. The minimum absolute atomic E-state index is 0.0433. The maximum Gasteiger partial charge on any atom is 0.312 e. The Kier molecular flexibility index (Phi) is 5.45. The lowest BCUT2D eigenvalue weighted by molar-refractivity contribution is -0.157. The Morgan fingerprint density at radius 2 is 1.78 bits per heavy atom. The third-order valence-electron chi connectivity index (χ3n) is 9.65. The van der Waals surface area contributed by atoms with Crippen LogP contribution in [0.4, 0.5) is 0 Å². The standard InChI is InChI=1S/C32H33NO4/c1-20-12-13-23(16-21(20)2)31-15-14-26(24-9-5-6-10-25(24)31)32(30(35)36)19-33(18-28(31)32)29(34)17-22-8-4-7-11-27(22)37-3/h4-13,16,26,28H,14-15,17-19H2,1-3H3,(H,35,36). The average Bonchev–Trinajstić information content (AvgIpc) is 3.35. The van der Waals surface area contributed by atoms with Crippen molar-refractivity contribution < 1.29 is 19.4 Å². The van der Waals surface area contributed by atoms with Gasteiger partial charge in [0, 0.05) is 35.9 Å². The van der Waals surface area contributed by atoms with E-state index in [2.05, 4.69) is 50.2 Å². The maximum atomic E-state index is 13.7. The number of rotatable bonds is 5. The van der Waals surface area contributed by atoms with E-state index in [4.69, 9.17) is 4.74 Å². The predicted molar refractivity (Wildman–Crippen MR) is 142 cm³/mol. The molecular weight excluding hydrogens is 462 g/mol. The van der Waals surface area contributed by atoms with E-state index in [0.717, 1.165) is 24.0 Å². The second-order valence-corrected chi connectivity index (χ2v) is 11.1. The number of methoxy groups -OCH3 is 1. The van der Waals surface area contributed by atoms with Crippen molar-refractivity contribution in [3.05, 3.63) is 100 Å². The molecule has 3 aromatic rings. The van der Waals surface area contributed by atoms with E-state index in [1.807, 2.05) is 35.2 Å². The number of carbonyl (C=O) groups excluding carboxylic acids is 1. The fourth-order valence-corrected chi connectivity index (χ4v) is 7.79. The summed E-state index contributed by atoms with van der Waals surface area (Å²) in [4.78, 5) is 28.9. The zero-order valence-electron chi connectivity index (χ0n) is 21.7. The largest absolute Gasteiger partial charge is 0.496 e. The molecule has 5 nitrogen and oxygen atoms in total. The molecule has 4 aliphatic rings. The Balaban J connectivity index is 1.48. The molecule has 5 heteroatoms. The molecule has 1 saturated heterocycles. The lowest BCUT2D eigenvalue weighted by Crippen LogP contribution is -2.60. The van der Waals surface area contributed by atoms with E-state index in [1.165, 1.54) is 22.3 Å². The van der Waals surface area contributed by atoms with Crippen LogP contribution in [0.2, 0.25) is 0 Å². The zero-order valence-corrected chi connectivity index (χ0v) is 21.7. The molecular formula is C32H33NO4. The van der Waals surface area contributed by atoms with Crippen LogP contribution in [-0.2, 0) is 21.4 Å². The van der Waals surface area contributed by atoms with Crippen LogP contribution < -0.4 is 4.74 Å². The van der Waals surface area contributed by atoms with E-state index in [1.54, 1.807) is 7.11 Å². The smallest absolute Gasteiger partial charge is 0.312 e. The summed E-state index contributed by atoms with van der Waals surface area (Å²) in [5.74, 6) is -0.450. The highest BCUT2D eigenvalue weighted by molar-refractivity contribution is 5.85. The van der Waals surface area contributed by atoms with Crippen molar-refractivity contribution in [2.75, 3.05) is 20.2 Å². The predicted octanol–water partition coefficient (Wildman–Crippen LogP) is 5.26. The van der Waals surface area contributed by atoms with Crippen molar-refractivity contribution in [3.63, 3.8) is 0 Å². The highest BCUT2D eigenvalue weighted by atomic mass is 16.5. The Hall–Kier alpha value is -3.60. The summed E-state index contributed by atoms with van der Waals surface area (Å²) in [5, 5.41) is 10.9. The summed E-state index contributed by atoms with van der Waals surface area (Å²) in [6, 6.07) is 22.6. The highest BCUT2D eigenvalue weighted by Gasteiger charge is 2.70. The topological polar surface area (TPSA) is 66.8 Å². The molecule has 190 valence electrons. The first-order chi connectivity index (χ1) is 17.8. The van der Waals surface area contributed by atoms with Crippen molar-refractivity contribution in [2.45, 2.75) is 44.4 Å². The number of hydrogen-bond donors (Lipinski definition) is 1. The third-order valence-corrected chi connectivity index (χ3v) is 9.65. The summed E-state index contributed by atoms with van der Waals surface area (Å²) >= 11 is 0. The number of hydrogen-bond acceptors (Lipinski definition) is 3. The van der Waals surface area contributed by atoms with Crippen molar-refractivity contribution >= 4 is 11.9 Å². The summed E-state index contributed by atoms with van der Waals surface area (Å²) in [5.41, 5.74) is 5.37. The number of benzene rings is 3. The number of carboxylic acids is 1. The first-order valence-electron chi connectivity index (χ1n) is 13.1. The van der Waals surface area contributed by atoms with E-state index in [9.17, 15) is 14.7 Å². The number of amides is 1. The van der Waals surface area contributed by atoms with Gasteiger partial charge in [-0.1, -0.05) is 60.7 Å². The molecule has 1 saturated carbocycles. The average molecular weight is 496 g/mol. The van der Waals surface area contributed by atoms with Gasteiger partial charge in [0.25, 0.3) is 0 Å². The normalized spacial score (nSPS) is 27.5. The summed E-state index contributed by atoms with van der Waals surface area (Å²) in [6.45, 7) is 4.92. The number of nitrogens with zero attached hydrogens (tertiary/aromatic N) is 1. The van der Waals surface area contributed by atoms with E-state index < -0.39 is 16.8 Å². The van der Waals surface area contributed by atoms with Crippen LogP contribution in [-0.4, -0.2) is 42.1 Å². The summed E-state index contributed by atoms with van der Waals surface area (Å²) < 4.78 is 5.48. The third kappa shape index (κ3) is 3.22.